The fourth-order valence-electron chi connectivity index (χ4n) is 4.74. The number of rotatable bonds is 11. The van der Waals surface area contributed by atoms with Gasteiger partial charge in [-0.15, -0.1) is 4.31 Å². The highest BCUT2D eigenvalue weighted by Gasteiger charge is 2.32. The molecule has 0 saturated carbocycles. The number of hydrogen-bond acceptors (Lipinski definition) is 6. The van der Waals surface area contributed by atoms with Crippen molar-refractivity contribution in [3.05, 3.63) is 48.2 Å². The summed E-state index contributed by atoms with van der Waals surface area (Å²) in [5.74, 6) is 6.31. The number of ether oxygens (including phenoxy) is 3. The lowest BCUT2D eigenvalue weighted by Crippen LogP contribution is -2.27. The summed E-state index contributed by atoms with van der Waals surface area (Å²) in [7, 11) is 2.03. The topological polar surface area (TPSA) is 106 Å². The van der Waals surface area contributed by atoms with Crippen molar-refractivity contribution in [2.75, 3.05) is 64.8 Å². The first kappa shape index (κ1) is 31.8. The first-order valence-corrected chi connectivity index (χ1v) is 15.1. The lowest BCUT2D eigenvalue weighted by atomic mass is 10.1. The molecule has 0 aliphatic carbocycles. The second-order valence-electron chi connectivity index (χ2n) is 9.94. The van der Waals surface area contributed by atoms with E-state index in [-0.39, 0.29) is 18.3 Å². The highest BCUT2D eigenvalue weighted by atomic mass is 32.3. The number of nitrogens with one attached hydrogen (secondary N) is 2. The Bertz CT molecular complexity index is 1410. The van der Waals surface area contributed by atoms with Crippen molar-refractivity contribution in [1.29, 1.82) is 0 Å². The molecular weight excluding hydrogens is 573 g/mol. The van der Waals surface area contributed by atoms with Gasteiger partial charge < -0.3 is 29.4 Å². The third-order valence-corrected chi connectivity index (χ3v) is 9.09. The Hall–Kier alpha value is -3.12. The minimum absolute atomic E-state index is 0.143. The summed E-state index contributed by atoms with van der Waals surface area (Å²) in [4.78, 5) is 0.497. The molecule has 1 fully saturated rings. The standard InChI is InChI=1S/C29H37F3N4O5S/c1-35(14-17-39-2)42(37,38)23-9-10-26(28(19-23)40-3)33-13-5-6-22-18-24-25(34-21-11-15-41-16-12-21)7-4-8-27(24)36(22)20-29(30,31)32/h4,7-10,18-19,21,33-34,37-38H,11-17,20H2,1-3H3/p+2. The van der Waals surface area contributed by atoms with Crippen LogP contribution >= 0.6 is 10.8 Å². The zero-order valence-electron chi connectivity index (χ0n) is 23.9. The summed E-state index contributed by atoms with van der Waals surface area (Å²) >= 11 is 0. The largest absolute Gasteiger partial charge is 0.495 e. The molecule has 2 heterocycles. The number of hydrogen-bond donors (Lipinski definition) is 2. The van der Waals surface area contributed by atoms with Crippen LogP contribution in [-0.2, 0) is 16.0 Å². The maximum atomic E-state index is 13.6. The highest BCUT2D eigenvalue weighted by molar-refractivity contribution is 8.22. The average molecular weight is 613 g/mol. The van der Waals surface area contributed by atoms with Gasteiger partial charge in [0.25, 0.3) is 0 Å². The molecule has 3 aromatic rings. The second-order valence-corrected chi connectivity index (χ2v) is 12.2. The number of halogens is 3. The lowest BCUT2D eigenvalue weighted by Gasteiger charge is -2.32. The number of methoxy groups -OCH3 is 2. The molecule has 0 spiro atoms. The van der Waals surface area contributed by atoms with Crippen molar-refractivity contribution in [2.24, 2.45) is 0 Å². The lowest BCUT2D eigenvalue weighted by molar-refractivity contribution is -0.140. The fourth-order valence-corrected chi connectivity index (χ4v) is 5.99. The van der Waals surface area contributed by atoms with E-state index in [2.05, 4.69) is 22.5 Å². The molecule has 6 N–H and O–H groups in total. The number of alkyl halides is 3. The minimum Gasteiger partial charge on any atom is -0.495 e. The monoisotopic (exact) mass is 612 g/mol. The van der Waals surface area contributed by atoms with Crippen LogP contribution in [0.1, 0.15) is 18.5 Å². The van der Waals surface area contributed by atoms with Crippen LogP contribution in [0.4, 0.5) is 24.5 Å². The van der Waals surface area contributed by atoms with E-state index in [0.717, 1.165) is 18.5 Å². The van der Waals surface area contributed by atoms with Gasteiger partial charge in [0.1, 0.15) is 12.3 Å². The van der Waals surface area contributed by atoms with Crippen molar-refractivity contribution in [2.45, 2.75) is 36.5 Å². The van der Waals surface area contributed by atoms with E-state index in [0.29, 0.717) is 53.6 Å². The Kier molecular flexibility index (Phi) is 10.5. The van der Waals surface area contributed by atoms with Crippen LogP contribution in [0.15, 0.2) is 47.4 Å². The zero-order chi connectivity index (χ0) is 30.3. The van der Waals surface area contributed by atoms with Gasteiger partial charge in [-0.1, -0.05) is 12.0 Å². The SMILES string of the molecule is COCCN(C)S([OH2+])([OH2+])c1ccc(NCC#Cc2cc3c(NC4CCOCC4)cccc3n2CC(F)(F)F)c(OC)c1. The third-order valence-electron chi connectivity index (χ3n) is 7.04. The summed E-state index contributed by atoms with van der Waals surface area (Å²) in [6.45, 7) is 1.15. The van der Waals surface area contributed by atoms with Crippen molar-refractivity contribution in [3.8, 4) is 17.6 Å². The second kappa shape index (κ2) is 13.9. The van der Waals surface area contributed by atoms with Crippen LogP contribution in [0.2, 0.25) is 0 Å². The first-order chi connectivity index (χ1) is 20.0. The van der Waals surface area contributed by atoms with E-state index in [1.807, 2.05) is 6.07 Å². The van der Waals surface area contributed by atoms with Gasteiger partial charge in [-0.2, -0.15) is 13.2 Å². The molecule has 4 rings (SSSR count). The van der Waals surface area contributed by atoms with Crippen molar-refractivity contribution in [3.63, 3.8) is 0 Å². The minimum atomic E-state index is -4.41. The molecule has 0 bridgehead atoms. The molecule has 0 atom stereocenters. The normalized spacial score (nSPS) is 15.0. The van der Waals surface area contributed by atoms with Gasteiger partial charge in [0.05, 0.1) is 47.9 Å². The van der Waals surface area contributed by atoms with Crippen LogP contribution in [0.25, 0.3) is 10.9 Å². The summed E-state index contributed by atoms with van der Waals surface area (Å²) in [5, 5.41) is 7.31. The summed E-state index contributed by atoms with van der Waals surface area (Å²) < 4.78 is 76.7. The molecule has 1 aliphatic heterocycles. The number of benzene rings is 2. The van der Waals surface area contributed by atoms with Gasteiger partial charge in [-0.3, -0.25) is 9.11 Å². The van der Waals surface area contributed by atoms with Crippen LogP contribution in [0.5, 0.6) is 5.75 Å². The predicted molar refractivity (Wildman–Crippen MR) is 161 cm³/mol. The van der Waals surface area contributed by atoms with E-state index in [1.54, 1.807) is 54.9 Å². The number of aromatic nitrogens is 1. The maximum Gasteiger partial charge on any atom is 0.406 e. The van der Waals surface area contributed by atoms with E-state index < -0.39 is 23.5 Å². The van der Waals surface area contributed by atoms with Crippen LogP contribution in [0, 0.1) is 11.8 Å². The molecule has 2 aromatic carbocycles. The molecular formula is C29H39F3N4O5S+2. The number of anilines is 2. The van der Waals surface area contributed by atoms with Crippen molar-refractivity contribution >= 4 is 33.1 Å². The zero-order valence-corrected chi connectivity index (χ0v) is 24.8. The molecule has 9 nitrogen and oxygen atoms in total. The van der Waals surface area contributed by atoms with Crippen molar-refractivity contribution < 1.29 is 36.5 Å². The Morgan fingerprint density at radius 2 is 1.88 bits per heavy atom. The molecule has 1 aliphatic rings. The number of fused-ring (bicyclic) bond motifs is 1. The summed E-state index contributed by atoms with van der Waals surface area (Å²) in [6.07, 6.45) is -2.75. The number of likely N-dealkylation sites (N-methyl/N-ethyl adjacent to an activating group) is 1. The van der Waals surface area contributed by atoms with E-state index in [9.17, 15) is 13.2 Å². The maximum absolute atomic E-state index is 13.6. The van der Waals surface area contributed by atoms with Gasteiger partial charge in [0.15, 0.2) is 4.90 Å². The molecule has 0 radical (unpaired) electrons. The molecule has 1 aromatic heterocycles. The quantitative estimate of drug-likeness (QED) is 0.249. The van der Waals surface area contributed by atoms with E-state index >= 15 is 0 Å². The molecule has 0 unspecified atom stereocenters. The molecule has 1 saturated heterocycles. The molecule has 42 heavy (non-hydrogen) atoms. The Labute approximate surface area is 245 Å². The van der Waals surface area contributed by atoms with Crippen LogP contribution in [0.3, 0.4) is 0 Å². The smallest absolute Gasteiger partial charge is 0.406 e. The Morgan fingerprint density at radius 1 is 1.12 bits per heavy atom. The summed E-state index contributed by atoms with van der Waals surface area (Å²) in [6, 6.07) is 12.3. The van der Waals surface area contributed by atoms with E-state index in [4.69, 9.17) is 23.3 Å². The van der Waals surface area contributed by atoms with Crippen LogP contribution < -0.4 is 15.4 Å². The van der Waals surface area contributed by atoms with Gasteiger partial charge in [0, 0.05) is 57.1 Å². The molecule has 230 valence electrons. The van der Waals surface area contributed by atoms with Crippen LogP contribution in [-0.4, -0.2) is 84.4 Å². The highest BCUT2D eigenvalue weighted by Crippen LogP contribution is 2.52. The Balaban J connectivity index is 1.54. The average Bonchev–Trinajstić information content (AvgIpc) is 3.31. The van der Waals surface area contributed by atoms with Gasteiger partial charge >= 0.3 is 6.18 Å². The fraction of sp³-hybridized carbons (Fsp3) is 0.448. The summed E-state index contributed by atoms with van der Waals surface area (Å²) in [5.41, 5.74) is 2.11. The molecule has 0 amide bonds. The first-order valence-electron chi connectivity index (χ1n) is 13.5. The molecule has 13 heteroatoms. The Morgan fingerprint density at radius 3 is 2.57 bits per heavy atom. The van der Waals surface area contributed by atoms with Gasteiger partial charge in [0.2, 0.25) is 0 Å². The van der Waals surface area contributed by atoms with E-state index in [1.165, 1.54) is 11.7 Å². The third kappa shape index (κ3) is 7.83. The predicted octanol–water partition coefficient (Wildman–Crippen LogP) is 4.20. The number of nitrogens with zero attached hydrogens (tertiary/aromatic N) is 2. The van der Waals surface area contributed by atoms with Gasteiger partial charge in [-0.25, -0.2) is 0 Å². The van der Waals surface area contributed by atoms with Crippen molar-refractivity contribution in [1.82, 2.24) is 8.87 Å². The van der Waals surface area contributed by atoms with Gasteiger partial charge in [-0.05, 0) is 49.1 Å².